The summed E-state index contributed by atoms with van der Waals surface area (Å²) in [6.07, 6.45) is 16.1. The first-order valence-corrected chi connectivity index (χ1v) is 15.4. The van der Waals surface area contributed by atoms with Crippen LogP contribution in [0.3, 0.4) is 0 Å². The average molecular weight is 455 g/mol. The van der Waals surface area contributed by atoms with Crippen LogP contribution in [0.2, 0.25) is 18.1 Å². The van der Waals surface area contributed by atoms with Crippen LogP contribution in [0.1, 0.15) is 112 Å². The third-order valence-corrected chi connectivity index (χ3v) is 11.1. The summed E-state index contributed by atoms with van der Waals surface area (Å²) in [5, 5.41) is 0. The number of unbranched alkanes of at least 4 members (excludes halogenated alkanes) is 11. The molecule has 0 amide bonds. The topological polar surface area (TPSA) is 52.6 Å². The minimum Gasteiger partial charge on any atom is -0.466 e. The van der Waals surface area contributed by atoms with Crippen molar-refractivity contribution in [3.8, 4) is 0 Å². The van der Waals surface area contributed by atoms with Crippen molar-refractivity contribution < 1.29 is 18.8 Å². The van der Waals surface area contributed by atoms with E-state index in [2.05, 4.69) is 27.7 Å². The Morgan fingerprint density at radius 1 is 0.774 bits per heavy atom. The van der Waals surface area contributed by atoms with E-state index in [0.717, 1.165) is 37.4 Å². The summed E-state index contributed by atoms with van der Waals surface area (Å²) in [5.74, 6) is -0.544. The van der Waals surface area contributed by atoms with Gasteiger partial charge in [0.1, 0.15) is 6.10 Å². The maximum atomic E-state index is 12.4. The van der Waals surface area contributed by atoms with Gasteiger partial charge in [0, 0.05) is 0 Å². The molecule has 0 N–H and O–H groups in total. The van der Waals surface area contributed by atoms with Crippen molar-refractivity contribution in [1.29, 1.82) is 0 Å². The first-order chi connectivity index (χ1) is 14.9. The molecule has 0 saturated carbocycles. The molecule has 0 bridgehead atoms. The number of allylic oxidation sites excluding steroid dienone is 1. The third-order valence-electron chi connectivity index (χ3n) is 6.55. The molecule has 0 fully saturated rings. The first-order valence-electron chi connectivity index (χ1n) is 12.9. The second-order valence-electron chi connectivity index (χ2n) is 8.83. The first kappa shape index (κ1) is 30.1. The predicted molar refractivity (Wildman–Crippen MR) is 134 cm³/mol. The van der Waals surface area contributed by atoms with Crippen LogP contribution < -0.4 is 0 Å². The van der Waals surface area contributed by atoms with E-state index in [1.165, 1.54) is 71.8 Å². The zero-order valence-corrected chi connectivity index (χ0v) is 22.4. The highest BCUT2D eigenvalue weighted by Crippen LogP contribution is 2.27. The summed E-state index contributed by atoms with van der Waals surface area (Å²) in [7, 11) is -0.643. The van der Waals surface area contributed by atoms with E-state index in [0.29, 0.717) is 5.57 Å². The molecule has 0 aliphatic carbocycles. The SMILES string of the molecule is CCCCCCCCCCCCC/C=C(\C(=O)OC)C(O[Si](CC)(CC)CC)C(C)=O. The number of esters is 1. The van der Waals surface area contributed by atoms with Crippen LogP contribution in [0, 0.1) is 0 Å². The van der Waals surface area contributed by atoms with Gasteiger partial charge in [-0.05, 0) is 37.9 Å². The van der Waals surface area contributed by atoms with Gasteiger partial charge in [0.05, 0.1) is 12.7 Å². The summed E-state index contributed by atoms with van der Waals surface area (Å²) in [6, 6.07) is 2.82. The summed E-state index contributed by atoms with van der Waals surface area (Å²) in [6.45, 7) is 10.2. The molecule has 0 radical (unpaired) electrons. The van der Waals surface area contributed by atoms with Gasteiger partial charge >= 0.3 is 5.97 Å². The summed E-state index contributed by atoms with van der Waals surface area (Å²) in [4.78, 5) is 24.8. The van der Waals surface area contributed by atoms with Crippen LogP contribution in [0.4, 0.5) is 0 Å². The molecular formula is C26H50O4Si. The normalized spacial score (nSPS) is 13.3. The molecule has 0 aliphatic rings. The van der Waals surface area contributed by atoms with E-state index in [1.54, 1.807) is 0 Å². The van der Waals surface area contributed by atoms with Crippen LogP contribution in [0.5, 0.6) is 0 Å². The van der Waals surface area contributed by atoms with Crippen molar-refractivity contribution >= 4 is 20.1 Å². The molecule has 1 unspecified atom stereocenters. The highest BCUT2D eigenvalue weighted by molar-refractivity contribution is 6.73. The van der Waals surface area contributed by atoms with Crippen LogP contribution in [0.15, 0.2) is 11.6 Å². The monoisotopic (exact) mass is 454 g/mol. The van der Waals surface area contributed by atoms with E-state index < -0.39 is 20.4 Å². The second kappa shape index (κ2) is 18.6. The highest BCUT2D eigenvalue weighted by atomic mass is 28.4. The lowest BCUT2D eigenvalue weighted by molar-refractivity contribution is -0.139. The van der Waals surface area contributed by atoms with Gasteiger partial charge in [-0.3, -0.25) is 4.79 Å². The number of rotatable bonds is 20. The molecule has 5 heteroatoms. The summed E-state index contributed by atoms with van der Waals surface area (Å²) >= 11 is 0. The standard InChI is InChI=1S/C26H50O4Si/c1-7-11-12-13-14-15-16-17-18-19-20-21-22-24(26(28)29-6)25(23(5)27)30-31(8-2,9-3)10-4/h22,25H,7-21H2,1-6H3/b24-22-. The van der Waals surface area contributed by atoms with E-state index in [1.807, 2.05) is 6.08 Å². The number of methoxy groups -OCH3 is 1. The van der Waals surface area contributed by atoms with Gasteiger partial charge in [0.2, 0.25) is 0 Å². The number of hydrogen-bond acceptors (Lipinski definition) is 4. The molecule has 0 spiro atoms. The summed E-state index contributed by atoms with van der Waals surface area (Å²) < 4.78 is 11.4. The van der Waals surface area contributed by atoms with Gasteiger partial charge < -0.3 is 9.16 Å². The fraction of sp³-hybridized carbons (Fsp3) is 0.846. The van der Waals surface area contributed by atoms with Crippen molar-refractivity contribution in [2.45, 2.75) is 136 Å². The molecule has 1 atom stereocenters. The van der Waals surface area contributed by atoms with E-state index in [4.69, 9.17) is 9.16 Å². The predicted octanol–water partition coefficient (Wildman–Crippen LogP) is 7.77. The van der Waals surface area contributed by atoms with Gasteiger partial charge in [0.25, 0.3) is 0 Å². The third kappa shape index (κ3) is 12.6. The maximum Gasteiger partial charge on any atom is 0.336 e. The Morgan fingerprint density at radius 3 is 1.61 bits per heavy atom. The van der Waals surface area contributed by atoms with Crippen molar-refractivity contribution in [2.24, 2.45) is 0 Å². The molecule has 0 aromatic rings. The Kier molecular flexibility index (Phi) is 18.0. The number of ether oxygens (including phenoxy) is 1. The Hall–Kier alpha value is -0.943. The molecular weight excluding hydrogens is 404 g/mol. The molecule has 0 rings (SSSR count). The summed E-state index contributed by atoms with van der Waals surface area (Å²) in [5.41, 5.74) is 0.398. The molecule has 0 aromatic heterocycles. The lowest BCUT2D eigenvalue weighted by Gasteiger charge is -2.32. The molecule has 0 aromatic carbocycles. The Morgan fingerprint density at radius 2 is 1.23 bits per heavy atom. The van der Waals surface area contributed by atoms with Gasteiger partial charge in [-0.2, -0.15) is 0 Å². The number of ketones is 1. The molecule has 182 valence electrons. The molecule has 0 heterocycles. The quantitative estimate of drug-likeness (QED) is 0.0816. The zero-order valence-electron chi connectivity index (χ0n) is 21.4. The van der Waals surface area contributed by atoms with Crippen LogP contribution in [0.25, 0.3) is 0 Å². The van der Waals surface area contributed by atoms with Gasteiger partial charge in [0.15, 0.2) is 14.1 Å². The van der Waals surface area contributed by atoms with Crippen molar-refractivity contribution in [3.05, 3.63) is 11.6 Å². The number of Topliss-reactive ketones (excluding diaryl/α,β-unsaturated/α-hetero) is 1. The fourth-order valence-electron chi connectivity index (χ4n) is 4.10. The maximum absolute atomic E-state index is 12.4. The Bertz CT molecular complexity index is 503. The van der Waals surface area contributed by atoms with Gasteiger partial charge in [-0.15, -0.1) is 0 Å². The molecule has 4 nitrogen and oxygen atoms in total. The van der Waals surface area contributed by atoms with Gasteiger partial charge in [-0.1, -0.05) is 98.0 Å². The molecule has 0 aliphatic heterocycles. The van der Waals surface area contributed by atoms with Crippen molar-refractivity contribution in [3.63, 3.8) is 0 Å². The largest absolute Gasteiger partial charge is 0.466 e. The second-order valence-corrected chi connectivity index (χ2v) is 13.6. The van der Waals surface area contributed by atoms with Crippen molar-refractivity contribution in [2.75, 3.05) is 7.11 Å². The number of hydrogen-bond donors (Lipinski definition) is 0. The lowest BCUT2D eigenvalue weighted by atomic mass is 10.0. The smallest absolute Gasteiger partial charge is 0.336 e. The average Bonchev–Trinajstić information content (AvgIpc) is 2.78. The van der Waals surface area contributed by atoms with E-state index >= 15 is 0 Å². The van der Waals surface area contributed by atoms with E-state index in [9.17, 15) is 9.59 Å². The highest BCUT2D eigenvalue weighted by Gasteiger charge is 2.37. The number of carbonyl (C=O) groups excluding carboxylic acids is 2. The van der Waals surface area contributed by atoms with Crippen LogP contribution in [-0.2, 0) is 18.8 Å². The Balaban J connectivity index is 4.61. The van der Waals surface area contributed by atoms with E-state index in [-0.39, 0.29) is 5.78 Å². The Labute approximate surface area is 193 Å². The minimum atomic E-state index is -2.02. The number of carbonyl (C=O) groups is 2. The molecule has 0 saturated heterocycles. The van der Waals surface area contributed by atoms with Gasteiger partial charge in [-0.25, -0.2) is 4.79 Å². The lowest BCUT2D eigenvalue weighted by Crippen LogP contribution is -2.44. The zero-order chi connectivity index (χ0) is 23.5. The fourth-order valence-corrected chi connectivity index (χ4v) is 6.89. The molecule has 31 heavy (non-hydrogen) atoms. The van der Waals surface area contributed by atoms with Crippen LogP contribution >= 0.6 is 0 Å². The van der Waals surface area contributed by atoms with Crippen LogP contribution in [-0.4, -0.2) is 33.3 Å². The minimum absolute atomic E-state index is 0.109. The van der Waals surface area contributed by atoms with Crippen molar-refractivity contribution in [1.82, 2.24) is 0 Å².